The van der Waals surface area contributed by atoms with Crippen LogP contribution in [0, 0.1) is 6.92 Å². The van der Waals surface area contributed by atoms with Crippen molar-refractivity contribution in [1.82, 2.24) is 15.2 Å². The summed E-state index contributed by atoms with van der Waals surface area (Å²) in [5.41, 5.74) is 8.78. The van der Waals surface area contributed by atoms with Crippen molar-refractivity contribution in [1.29, 1.82) is 0 Å². The number of nitrogens with two attached hydrogens (primary N) is 1. The van der Waals surface area contributed by atoms with Gasteiger partial charge in [0.2, 0.25) is 0 Å². The van der Waals surface area contributed by atoms with Crippen LogP contribution in [-0.4, -0.2) is 22.3 Å². The van der Waals surface area contributed by atoms with E-state index in [1.54, 1.807) is 7.11 Å². The first kappa shape index (κ1) is 14.5. The predicted molar refractivity (Wildman–Crippen MR) is 79.7 cm³/mol. The fourth-order valence-corrected chi connectivity index (χ4v) is 2.18. The molecule has 3 N–H and O–H groups in total. The molecular formula is C15H22N4O. The largest absolute Gasteiger partial charge is 0.496 e. The average Bonchev–Trinajstić information content (AvgIpc) is 2.85. The van der Waals surface area contributed by atoms with E-state index in [1.807, 2.05) is 13.0 Å². The number of methoxy groups -OCH3 is 1. The molecule has 1 aromatic heterocycles. The lowest BCUT2D eigenvalue weighted by molar-refractivity contribution is 0.397. The number of aryl methyl sites for hydroxylation is 1. The second kappa shape index (κ2) is 5.25. The third-order valence-corrected chi connectivity index (χ3v) is 3.32. The van der Waals surface area contributed by atoms with Crippen LogP contribution in [0.25, 0.3) is 11.4 Å². The monoisotopic (exact) mass is 274 g/mol. The quantitative estimate of drug-likeness (QED) is 0.901. The summed E-state index contributed by atoms with van der Waals surface area (Å²) in [7, 11) is 1.70. The highest BCUT2D eigenvalue weighted by molar-refractivity contribution is 5.64. The SMILES string of the molecule is COc1cc(C)c(-c2n[nH]c(CN)n2)cc1C(C)(C)C. The van der Waals surface area contributed by atoms with Crippen molar-refractivity contribution in [2.75, 3.05) is 7.11 Å². The lowest BCUT2D eigenvalue weighted by Crippen LogP contribution is -2.13. The van der Waals surface area contributed by atoms with Crippen LogP contribution in [0.1, 0.15) is 37.7 Å². The molecule has 0 radical (unpaired) electrons. The summed E-state index contributed by atoms with van der Waals surface area (Å²) in [6, 6.07) is 4.14. The Morgan fingerprint density at radius 3 is 2.50 bits per heavy atom. The summed E-state index contributed by atoms with van der Waals surface area (Å²) in [6.45, 7) is 8.87. The Kier molecular flexibility index (Phi) is 3.81. The topological polar surface area (TPSA) is 76.8 Å². The molecule has 0 aliphatic carbocycles. The van der Waals surface area contributed by atoms with Gasteiger partial charge in [0.15, 0.2) is 5.82 Å². The van der Waals surface area contributed by atoms with Gasteiger partial charge in [0.05, 0.1) is 13.7 Å². The first-order valence-corrected chi connectivity index (χ1v) is 6.67. The number of ether oxygens (including phenoxy) is 1. The minimum Gasteiger partial charge on any atom is -0.496 e. The highest BCUT2D eigenvalue weighted by Gasteiger charge is 2.22. The summed E-state index contributed by atoms with van der Waals surface area (Å²) in [6.07, 6.45) is 0. The van der Waals surface area contributed by atoms with E-state index in [0.717, 1.165) is 22.4 Å². The van der Waals surface area contributed by atoms with Gasteiger partial charge in [0.25, 0.3) is 0 Å². The molecule has 1 heterocycles. The zero-order valence-corrected chi connectivity index (χ0v) is 12.7. The van der Waals surface area contributed by atoms with Crippen molar-refractivity contribution < 1.29 is 4.74 Å². The van der Waals surface area contributed by atoms with Crippen molar-refractivity contribution in [3.63, 3.8) is 0 Å². The fraction of sp³-hybridized carbons (Fsp3) is 0.467. The second-order valence-corrected chi connectivity index (χ2v) is 5.93. The molecular weight excluding hydrogens is 252 g/mol. The molecule has 0 amide bonds. The zero-order chi connectivity index (χ0) is 14.9. The van der Waals surface area contributed by atoms with Crippen LogP contribution < -0.4 is 10.5 Å². The average molecular weight is 274 g/mol. The van der Waals surface area contributed by atoms with Crippen LogP contribution in [0.4, 0.5) is 0 Å². The van der Waals surface area contributed by atoms with E-state index in [1.165, 1.54) is 0 Å². The minimum atomic E-state index is -0.0131. The first-order chi connectivity index (χ1) is 9.36. The van der Waals surface area contributed by atoms with Crippen LogP contribution >= 0.6 is 0 Å². The van der Waals surface area contributed by atoms with Crippen molar-refractivity contribution in [2.24, 2.45) is 5.73 Å². The Morgan fingerprint density at radius 1 is 1.30 bits per heavy atom. The van der Waals surface area contributed by atoms with E-state index in [2.05, 4.69) is 42.0 Å². The molecule has 5 nitrogen and oxygen atoms in total. The summed E-state index contributed by atoms with van der Waals surface area (Å²) in [5, 5.41) is 7.09. The number of hydrogen-bond donors (Lipinski definition) is 2. The molecule has 0 aliphatic heterocycles. The molecule has 108 valence electrons. The molecule has 0 spiro atoms. The summed E-state index contributed by atoms with van der Waals surface area (Å²) >= 11 is 0. The van der Waals surface area contributed by atoms with Crippen LogP contribution in [0.15, 0.2) is 12.1 Å². The van der Waals surface area contributed by atoms with Crippen molar-refractivity contribution in [3.8, 4) is 17.1 Å². The van der Waals surface area contributed by atoms with Gasteiger partial charge in [-0.25, -0.2) is 4.98 Å². The molecule has 0 unspecified atom stereocenters. The van der Waals surface area contributed by atoms with Crippen molar-refractivity contribution >= 4 is 0 Å². The van der Waals surface area contributed by atoms with Crippen LogP contribution in [0.3, 0.4) is 0 Å². The lowest BCUT2D eigenvalue weighted by Gasteiger charge is -2.23. The number of aromatic nitrogens is 3. The maximum absolute atomic E-state index is 5.57. The van der Waals surface area contributed by atoms with E-state index in [0.29, 0.717) is 18.2 Å². The van der Waals surface area contributed by atoms with Gasteiger partial charge in [-0.05, 0) is 30.0 Å². The second-order valence-electron chi connectivity index (χ2n) is 5.93. The maximum atomic E-state index is 5.57. The Bertz CT molecular complexity index is 611. The van der Waals surface area contributed by atoms with Gasteiger partial charge in [-0.15, -0.1) is 0 Å². The zero-order valence-electron chi connectivity index (χ0n) is 12.7. The normalized spacial score (nSPS) is 11.7. The Morgan fingerprint density at radius 2 is 2.00 bits per heavy atom. The first-order valence-electron chi connectivity index (χ1n) is 6.67. The molecule has 2 rings (SSSR count). The third-order valence-electron chi connectivity index (χ3n) is 3.32. The lowest BCUT2D eigenvalue weighted by atomic mass is 9.84. The molecule has 0 saturated heterocycles. The summed E-state index contributed by atoms with van der Waals surface area (Å²) in [4.78, 5) is 4.41. The summed E-state index contributed by atoms with van der Waals surface area (Å²) in [5.74, 6) is 2.26. The number of benzene rings is 1. The number of nitrogens with one attached hydrogen (secondary N) is 1. The smallest absolute Gasteiger partial charge is 0.181 e. The van der Waals surface area contributed by atoms with Crippen LogP contribution in [0.2, 0.25) is 0 Å². The van der Waals surface area contributed by atoms with Crippen LogP contribution in [0.5, 0.6) is 5.75 Å². The van der Waals surface area contributed by atoms with Gasteiger partial charge < -0.3 is 10.5 Å². The van der Waals surface area contributed by atoms with Gasteiger partial charge in [-0.1, -0.05) is 20.8 Å². The molecule has 5 heteroatoms. The van der Waals surface area contributed by atoms with Gasteiger partial charge >= 0.3 is 0 Å². The molecule has 0 atom stereocenters. The maximum Gasteiger partial charge on any atom is 0.181 e. The molecule has 20 heavy (non-hydrogen) atoms. The van der Waals surface area contributed by atoms with Crippen molar-refractivity contribution in [3.05, 3.63) is 29.1 Å². The van der Waals surface area contributed by atoms with E-state index in [4.69, 9.17) is 10.5 Å². The van der Waals surface area contributed by atoms with Gasteiger partial charge in [0, 0.05) is 11.1 Å². The highest BCUT2D eigenvalue weighted by atomic mass is 16.5. The van der Waals surface area contributed by atoms with Gasteiger partial charge in [-0.3, -0.25) is 5.10 Å². The number of H-pyrrole nitrogens is 1. The van der Waals surface area contributed by atoms with E-state index in [-0.39, 0.29) is 5.41 Å². The number of aromatic amines is 1. The van der Waals surface area contributed by atoms with Crippen molar-refractivity contribution in [2.45, 2.75) is 39.7 Å². The van der Waals surface area contributed by atoms with Gasteiger partial charge in [-0.2, -0.15) is 5.10 Å². The predicted octanol–water partition coefficient (Wildman–Crippen LogP) is 2.54. The fourth-order valence-electron chi connectivity index (χ4n) is 2.18. The number of nitrogens with zero attached hydrogens (tertiary/aromatic N) is 2. The third kappa shape index (κ3) is 2.67. The Hall–Kier alpha value is -1.88. The van der Waals surface area contributed by atoms with Crippen LogP contribution in [-0.2, 0) is 12.0 Å². The number of hydrogen-bond acceptors (Lipinski definition) is 4. The molecule has 0 fully saturated rings. The molecule has 0 aliphatic rings. The van der Waals surface area contributed by atoms with E-state index in [9.17, 15) is 0 Å². The van der Waals surface area contributed by atoms with Gasteiger partial charge in [0.1, 0.15) is 11.6 Å². The minimum absolute atomic E-state index is 0.0131. The molecule has 2 aromatic rings. The highest BCUT2D eigenvalue weighted by Crippen LogP contribution is 2.36. The van der Waals surface area contributed by atoms with E-state index >= 15 is 0 Å². The molecule has 0 bridgehead atoms. The summed E-state index contributed by atoms with van der Waals surface area (Å²) < 4.78 is 5.50. The Balaban J connectivity index is 2.59. The Labute approximate surface area is 119 Å². The number of rotatable bonds is 3. The molecule has 1 aromatic carbocycles. The standard InChI is InChI=1S/C15H22N4O/c1-9-6-12(20-5)11(15(2,3)4)7-10(9)14-17-13(8-16)18-19-14/h6-7H,8,16H2,1-5H3,(H,17,18,19). The van der Waals surface area contributed by atoms with E-state index < -0.39 is 0 Å². The molecule has 0 saturated carbocycles.